The predicted octanol–water partition coefficient (Wildman–Crippen LogP) is -0.441. The molecule has 1 atom stereocenters. The summed E-state index contributed by atoms with van der Waals surface area (Å²) < 4.78 is 1.97. The topological polar surface area (TPSA) is 52.5 Å². The molecule has 5 heteroatoms. The van der Waals surface area contributed by atoms with Gasteiger partial charge >= 0.3 is 0 Å². The number of halogens is 2. The van der Waals surface area contributed by atoms with Gasteiger partial charge in [0.15, 0.2) is 11.9 Å². The Kier molecular flexibility index (Phi) is 7.64. The van der Waals surface area contributed by atoms with Crippen LogP contribution in [-0.2, 0) is 0 Å². The molecule has 1 heterocycles. The minimum absolute atomic E-state index is 0. The highest BCUT2D eigenvalue weighted by molar-refractivity contribution is 6.30. The van der Waals surface area contributed by atoms with Crippen molar-refractivity contribution in [1.82, 2.24) is 0 Å². The van der Waals surface area contributed by atoms with E-state index in [0.717, 1.165) is 5.69 Å². The number of carbonyl (C=O) groups is 1. The summed E-state index contributed by atoms with van der Waals surface area (Å²) in [6, 6.07) is 12.7. The molecule has 2 rings (SSSR count). The Hall–Kier alpha value is -1.23. The third-order valence-electron chi connectivity index (χ3n) is 3.03. The van der Waals surface area contributed by atoms with Crippen molar-refractivity contribution in [3.8, 4) is 0 Å². The van der Waals surface area contributed by atoms with E-state index in [-0.39, 0.29) is 34.3 Å². The molecule has 0 amide bonds. The first kappa shape index (κ1) is 18.8. The average Bonchev–Trinajstić information content (AvgIpc) is 2.38. The lowest BCUT2D eigenvalue weighted by atomic mass is 10.0. The summed E-state index contributed by atoms with van der Waals surface area (Å²) in [5.41, 5.74) is 1.75. The molecule has 0 radical (unpaired) electrons. The lowest BCUT2D eigenvalue weighted by Crippen LogP contribution is -3.00. The Morgan fingerprint density at radius 3 is 2.30 bits per heavy atom. The van der Waals surface area contributed by atoms with Gasteiger partial charge in [-0.25, -0.2) is 0 Å². The van der Waals surface area contributed by atoms with E-state index < -0.39 is 0 Å². The molecule has 0 saturated carbocycles. The van der Waals surface area contributed by atoms with Gasteiger partial charge in [0.1, 0.15) is 0 Å². The molecule has 1 aromatic carbocycles. The molecular weight excluding hydrogens is 342 g/mol. The van der Waals surface area contributed by atoms with Crippen LogP contribution < -0.4 is 21.5 Å². The van der Waals surface area contributed by atoms with Gasteiger partial charge in [-0.3, -0.25) is 4.79 Å². The number of ketones is 1. The fraction of sp³-hybridized carbons (Fsp3) is 0.200. The first-order valence-electron chi connectivity index (χ1n) is 5.86. The zero-order chi connectivity index (χ0) is 13.1. The maximum Gasteiger partial charge on any atom is 0.230 e. The van der Waals surface area contributed by atoms with Crippen LogP contribution in [0.4, 0.5) is 0 Å². The summed E-state index contributed by atoms with van der Waals surface area (Å²) in [6.07, 6.45) is 1.92. The van der Waals surface area contributed by atoms with Gasteiger partial charge in [-0.15, -0.1) is 0 Å². The van der Waals surface area contributed by atoms with E-state index in [1.54, 1.807) is 24.3 Å². The smallest absolute Gasteiger partial charge is 0.230 e. The normalized spacial score (nSPS) is 10.9. The van der Waals surface area contributed by atoms with Crippen LogP contribution in [0.25, 0.3) is 0 Å². The molecule has 2 aromatic rings. The second-order valence-electron chi connectivity index (χ2n) is 4.30. The van der Waals surface area contributed by atoms with Gasteiger partial charge in [-0.1, -0.05) is 17.7 Å². The van der Waals surface area contributed by atoms with Gasteiger partial charge in [0.05, 0.1) is 0 Å². The van der Waals surface area contributed by atoms with Crippen molar-refractivity contribution >= 4 is 17.4 Å². The number of hydrogen-bond donors (Lipinski definition) is 0. The first-order valence-corrected chi connectivity index (χ1v) is 6.24. The molecule has 3 nitrogen and oxygen atoms in total. The second kappa shape index (κ2) is 8.15. The minimum atomic E-state index is -0.215. The Balaban J connectivity index is 0.00000180. The molecule has 2 N–H and O–H groups in total. The minimum Gasteiger partial charge on any atom is -1.00 e. The number of hydrogen-bond acceptors (Lipinski definition) is 1. The van der Waals surface area contributed by atoms with Crippen LogP contribution in [-0.4, -0.2) is 11.3 Å². The van der Waals surface area contributed by atoms with E-state index >= 15 is 0 Å². The molecule has 0 bridgehead atoms. The zero-order valence-corrected chi connectivity index (χ0v) is 13.6. The fourth-order valence-corrected chi connectivity index (χ4v) is 2.08. The predicted molar refractivity (Wildman–Crippen MR) is 75.5 cm³/mol. The van der Waals surface area contributed by atoms with Gasteiger partial charge in [0.2, 0.25) is 11.8 Å². The lowest BCUT2D eigenvalue weighted by molar-refractivity contribution is -0.710. The lowest BCUT2D eigenvalue weighted by Gasteiger charge is -2.08. The summed E-state index contributed by atoms with van der Waals surface area (Å²) in [5.74, 6) is 0.0889. The van der Waals surface area contributed by atoms with Gasteiger partial charge in [-0.2, -0.15) is 4.57 Å². The van der Waals surface area contributed by atoms with Crippen molar-refractivity contribution in [2.24, 2.45) is 0 Å². The molecule has 0 spiro atoms. The molecule has 0 fully saturated rings. The second-order valence-corrected chi connectivity index (χ2v) is 4.73. The van der Waals surface area contributed by atoms with Crippen molar-refractivity contribution in [2.45, 2.75) is 19.9 Å². The molecule has 108 valence electrons. The number of rotatable bonds is 3. The highest BCUT2D eigenvalue weighted by Crippen LogP contribution is 2.13. The largest absolute Gasteiger partial charge is 1.00 e. The van der Waals surface area contributed by atoms with Crippen molar-refractivity contribution < 1.29 is 31.8 Å². The number of Topliss-reactive ketones (excluding diaryl/α,β-unsaturated/α-hetero) is 1. The number of benzene rings is 1. The molecule has 0 aliphatic heterocycles. The van der Waals surface area contributed by atoms with Gasteiger partial charge in [0.25, 0.3) is 0 Å². The van der Waals surface area contributed by atoms with Crippen LogP contribution in [0.5, 0.6) is 0 Å². The Morgan fingerprint density at radius 2 is 1.75 bits per heavy atom. The zero-order valence-electron chi connectivity index (χ0n) is 11.3. The number of nitrogens with zero attached hydrogens (tertiary/aromatic N) is 1. The van der Waals surface area contributed by atoms with E-state index in [4.69, 9.17) is 11.6 Å². The molecule has 0 saturated heterocycles. The van der Waals surface area contributed by atoms with E-state index in [2.05, 4.69) is 0 Å². The molecule has 20 heavy (non-hydrogen) atoms. The van der Waals surface area contributed by atoms with Gasteiger partial charge < -0.3 is 22.5 Å². The van der Waals surface area contributed by atoms with Gasteiger partial charge in [0, 0.05) is 36.6 Å². The fourth-order valence-electron chi connectivity index (χ4n) is 1.96. The highest BCUT2D eigenvalue weighted by Gasteiger charge is 2.24. The third kappa shape index (κ3) is 4.13. The van der Waals surface area contributed by atoms with E-state index in [0.29, 0.717) is 10.6 Å². The van der Waals surface area contributed by atoms with E-state index in [1.807, 2.05) is 42.8 Å². The van der Waals surface area contributed by atoms with Crippen LogP contribution in [0.2, 0.25) is 5.02 Å². The summed E-state index contributed by atoms with van der Waals surface area (Å²) in [7, 11) is 0. The maximum atomic E-state index is 12.3. The number of carbonyl (C=O) groups excluding carboxylic acids is 1. The summed E-state index contributed by atoms with van der Waals surface area (Å²) in [5, 5.41) is 0.641. The van der Waals surface area contributed by atoms with Crippen molar-refractivity contribution in [3.05, 3.63) is 64.9 Å². The summed E-state index contributed by atoms with van der Waals surface area (Å²) in [6.45, 7) is 3.90. The van der Waals surface area contributed by atoms with Crippen molar-refractivity contribution in [3.63, 3.8) is 0 Å². The molecule has 0 aliphatic carbocycles. The van der Waals surface area contributed by atoms with Crippen LogP contribution in [0.15, 0.2) is 48.7 Å². The number of pyridine rings is 1. The van der Waals surface area contributed by atoms with Crippen LogP contribution in [0.3, 0.4) is 0 Å². The Labute approximate surface area is 134 Å². The highest BCUT2D eigenvalue weighted by atomic mass is 79.9. The van der Waals surface area contributed by atoms with Crippen LogP contribution in [0, 0.1) is 6.92 Å². The van der Waals surface area contributed by atoms with Crippen LogP contribution >= 0.6 is 11.6 Å². The van der Waals surface area contributed by atoms with Crippen molar-refractivity contribution in [2.75, 3.05) is 0 Å². The third-order valence-corrected chi connectivity index (χ3v) is 3.28. The SMILES string of the molecule is Cc1cccc[n+]1C(C)C(=O)c1ccc(Cl)cc1.O.[Br-]. The van der Waals surface area contributed by atoms with E-state index in [1.165, 1.54) is 0 Å². The monoisotopic (exact) mass is 357 g/mol. The van der Waals surface area contributed by atoms with Crippen molar-refractivity contribution in [1.29, 1.82) is 0 Å². The van der Waals surface area contributed by atoms with Crippen LogP contribution in [0.1, 0.15) is 29.0 Å². The Morgan fingerprint density at radius 1 is 1.15 bits per heavy atom. The molecule has 1 unspecified atom stereocenters. The van der Waals surface area contributed by atoms with E-state index in [9.17, 15) is 4.79 Å². The standard InChI is InChI=1S/C15H15ClNO.BrH.H2O/c1-11-5-3-4-10-17(11)12(2)15(18)13-6-8-14(16)9-7-13;;/h3-10,12H,1-2H3;1H;1H2/q+1;;/p-1. The number of aromatic nitrogens is 1. The maximum absolute atomic E-state index is 12.3. The molecular formula is C15H17BrClNO2. The first-order chi connectivity index (χ1) is 8.59. The Bertz CT molecular complexity index is 572. The number of aryl methyl sites for hydroxylation is 1. The molecule has 0 aliphatic rings. The summed E-state index contributed by atoms with van der Waals surface area (Å²) in [4.78, 5) is 12.3. The van der Waals surface area contributed by atoms with Gasteiger partial charge in [-0.05, 0) is 24.3 Å². The summed E-state index contributed by atoms with van der Waals surface area (Å²) >= 11 is 5.82. The quantitative estimate of drug-likeness (QED) is 0.542. The average molecular weight is 359 g/mol. The molecule has 1 aromatic heterocycles.